The summed E-state index contributed by atoms with van der Waals surface area (Å²) in [4.78, 5) is 0. The monoisotopic (exact) mass is 186 g/mol. The second-order valence-electron chi connectivity index (χ2n) is 4.01. The summed E-state index contributed by atoms with van der Waals surface area (Å²) in [6.07, 6.45) is 17.5. The SMILES string of the molecule is CCC1=CCC=C1CCC1=CC=CC1. The van der Waals surface area contributed by atoms with Crippen LogP contribution in [0.1, 0.15) is 39.0 Å². The Hall–Kier alpha value is -1.04. The molecule has 2 rings (SSSR count). The van der Waals surface area contributed by atoms with Crippen LogP contribution in [0.2, 0.25) is 0 Å². The largest absolute Gasteiger partial charge is 0.0805 e. The minimum atomic E-state index is 1.16. The molecule has 0 aromatic heterocycles. The van der Waals surface area contributed by atoms with Crippen LogP contribution in [0.5, 0.6) is 0 Å². The molecule has 0 spiro atoms. The molecule has 14 heavy (non-hydrogen) atoms. The fourth-order valence-corrected chi connectivity index (χ4v) is 2.21. The molecule has 74 valence electrons. The van der Waals surface area contributed by atoms with Crippen molar-refractivity contribution in [3.05, 3.63) is 47.1 Å². The summed E-state index contributed by atoms with van der Waals surface area (Å²) in [5.74, 6) is 0. The minimum absolute atomic E-state index is 1.16. The van der Waals surface area contributed by atoms with Crippen molar-refractivity contribution in [1.29, 1.82) is 0 Å². The van der Waals surface area contributed by atoms with Crippen LogP contribution in [0.3, 0.4) is 0 Å². The first kappa shape index (κ1) is 9.51. The molecule has 0 saturated heterocycles. The van der Waals surface area contributed by atoms with E-state index in [2.05, 4.69) is 37.3 Å². The fraction of sp³-hybridized carbons (Fsp3) is 0.429. The van der Waals surface area contributed by atoms with E-state index >= 15 is 0 Å². The van der Waals surface area contributed by atoms with Gasteiger partial charge in [0.25, 0.3) is 0 Å². The van der Waals surface area contributed by atoms with Crippen LogP contribution in [-0.4, -0.2) is 0 Å². The number of allylic oxidation sites excluding steroid dienone is 8. The van der Waals surface area contributed by atoms with Gasteiger partial charge in [-0.2, -0.15) is 0 Å². The predicted molar refractivity (Wildman–Crippen MR) is 62.1 cm³/mol. The molecule has 0 aromatic rings. The van der Waals surface area contributed by atoms with Crippen molar-refractivity contribution in [3.8, 4) is 0 Å². The molecule has 0 heterocycles. The maximum Gasteiger partial charge on any atom is -0.0132 e. The van der Waals surface area contributed by atoms with E-state index in [1.807, 2.05) is 0 Å². The van der Waals surface area contributed by atoms with Crippen LogP contribution in [0.25, 0.3) is 0 Å². The molecule has 0 fully saturated rings. The molecule has 0 saturated carbocycles. The Morgan fingerprint density at radius 2 is 2.00 bits per heavy atom. The Labute approximate surface area is 86.7 Å². The van der Waals surface area contributed by atoms with Crippen LogP contribution >= 0.6 is 0 Å². The molecule has 0 heteroatoms. The Morgan fingerprint density at radius 1 is 1.14 bits per heavy atom. The van der Waals surface area contributed by atoms with Gasteiger partial charge >= 0.3 is 0 Å². The van der Waals surface area contributed by atoms with Gasteiger partial charge in [0.1, 0.15) is 0 Å². The van der Waals surface area contributed by atoms with Crippen molar-refractivity contribution in [3.63, 3.8) is 0 Å². The van der Waals surface area contributed by atoms with E-state index in [0.717, 1.165) is 6.42 Å². The van der Waals surface area contributed by atoms with Gasteiger partial charge < -0.3 is 0 Å². The van der Waals surface area contributed by atoms with Crippen molar-refractivity contribution in [2.24, 2.45) is 0 Å². The minimum Gasteiger partial charge on any atom is -0.0805 e. The maximum atomic E-state index is 2.39. The fourth-order valence-electron chi connectivity index (χ4n) is 2.21. The van der Waals surface area contributed by atoms with E-state index in [4.69, 9.17) is 0 Å². The van der Waals surface area contributed by atoms with Gasteiger partial charge in [-0.1, -0.05) is 42.9 Å². The van der Waals surface area contributed by atoms with Gasteiger partial charge in [0.2, 0.25) is 0 Å². The normalized spacial score (nSPS) is 19.6. The van der Waals surface area contributed by atoms with Crippen molar-refractivity contribution in [2.75, 3.05) is 0 Å². The highest BCUT2D eigenvalue weighted by molar-refractivity contribution is 5.37. The van der Waals surface area contributed by atoms with Crippen molar-refractivity contribution < 1.29 is 0 Å². The third-order valence-electron chi connectivity index (χ3n) is 3.09. The molecule has 0 bridgehead atoms. The van der Waals surface area contributed by atoms with Crippen LogP contribution < -0.4 is 0 Å². The summed E-state index contributed by atoms with van der Waals surface area (Å²) in [7, 11) is 0. The standard InChI is InChI=1S/C14H18/c1-2-13-8-5-9-14(13)11-10-12-6-3-4-7-12/h3-4,6,8-9H,2,5,7,10-11H2,1H3. The Balaban J connectivity index is 1.84. The summed E-state index contributed by atoms with van der Waals surface area (Å²) in [6, 6.07) is 0. The topological polar surface area (TPSA) is 0 Å². The zero-order chi connectivity index (χ0) is 9.80. The van der Waals surface area contributed by atoms with Crippen molar-refractivity contribution >= 4 is 0 Å². The molecule has 0 amide bonds. The van der Waals surface area contributed by atoms with Crippen LogP contribution in [-0.2, 0) is 0 Å². The molecule has 0 atom stereocenters. The van der Waals surface area contributed by atoms with E-state index in [0.29, 0.717) is 0 Å². The lowest BCUT2D eigenvalue weighted by Gasteiger charge is -2.07. The van der Waals surface area contributed by atoms with Gasteiger partial charge in [-0.05, 0) is 43.3 Å². The summed E-state index contributed by atoms with van der Waals surface area (Å²) in [5.41, 5.74) is 4.77. The quantitative estimate of drug-likeness (QED) is 0.613. The predicted octanol–water partition coefficient (Wildman–Crippen LogP) is 4.32. The van der Waals surface area contributed by atoms with Gasteiger partial charge in [0.05, 0.1) is 0 Å². The third kappa shape index (κ3) is 2.06. The molecular weight excluding hydrogens is 168 g/mol. The first-order chi connectivity index (χ1) is 6.90. The molecule has 2 aliphatic rings. The zero-order valence-corrected chi connectivity index (χ0v) is 8.92. The smallest absolute Gasteiger partial charge is 0.0132 e. The summed E-state index contributed by atoms with van der Waals surface area (Å²) in [5, 5.41) is 0. The van der Waals surface area contributed by atoms with Gasteiger partial charge in [-0.15, -0.1) is 0 Å². The molecule has 0 aliphatic heterocycles. The van der Waals surface area contributed by atoms with Gasteiger partial charge in [-0.3, -0.25) is 0 Å². The maximum absolute atomic E-state index is 2.39. The van der Waals surface area contributed by atoms with E-state index in [1.54, 1.807) is 16.7 Å². The molecule has 0 unspecified atom stereocenters. The highest BCUT2D eigenvalue weighted by atomic mass is 14.1. The number of rotatable bonds is 4. The lowest BCUT2D eigenvalue weighted by atomic mass is 9.99. The molecule has 0 radical (unpaired) electrons. The second kappa shape index (κ2) is 4.45. The number of hydrogen-bond acceptors (Lipinski definition) is 0. The van der Waals surface area contributed by atoms with E-state index in [9.17, 15) is 0 Å². The first-order valence-electron chi connectivity index (χ1n) is 5.63. The van der Waals surface area contributed by atoms with E-state index in [-0.39, 0.29) is 0 Å². The molecule has 2 aliphatic carbocycles. The second-order valence-corrected chi connectivity index (χ2v) is 4.01. The molecule has 0 nitrogen and oxygen atoms in total. The Morgan fingerprint density at radius 3 is 2.71 bits per heavy atom. The highest BCUT2D eigenvalue weighted by Crippen LogP contribution is 2.28. The van der Waals surface area contributed by atoms with Crippen molar-refractivity contribution in [1.82, 2.24) is 0 Å². The average molecular weight is 186 g/mol. The lowest BCUT2D eigenvalue weighted by Crippen LogP contribution is -1.87. The average Bonchev–Trinajstić information content (AvgIpc) is 2.85. The van der Waals surface area contributed by atoms with Crippen LogP contribution in [0.4, 0.5) is 0 Å². The summed E-state index contributed by atoms with van der Waals surface area (Å²) >= 11 is 0. The van der Waals surface area contributed by atoms with E-state index in [1.165, 1.54) is 25.7 Å². The first-order valence-corrected chi connectivity index (χ1v) is 5.63. The van der Waals surface area contributed by atoms with Crippen molar-refractivity contribution in [2.45, 2.75) is 39.0 Å². The van der Waals surface area contributed by atoms with Crippen LogP contribution in [0.15, 0.2) is 47.1 Å². The van der Waals surface area contributed by atoms with Gasteiger partial charge in [0.15, 0.2) is 0 Å². The van der Waals surface area contributed by atoms with Gasteiger partial charge in [-0.25, -0.2) is 0 Å². The Kier molecular flexibility index (Phi) is 3.03. The zero-order valence-electron chi connectivity index (χ0n) is 8.92. The lowest BCUT2D eigenvalue weighted by molar-refractivity contribution is 0.899. The van der Waals surface area contributed by atoms with Crippen LogP contribution in [0, 0.1) is 0 Å². The highest BCUT2D eigenvalue weighted by Gasteiger charge is 2.08. The van der Waals surface area contributed by atoms with E-state index < -0.39 is 0 Å². The molecule has 0 N–H and O–H groups in total. The summed E-state index contributed by atoms with van der Waals surface area (Å²) in [6.45, 7) is 2.25. The number of hydrogen-bond donors (Lipinski definition) is 0. The van der Waals surface area contributed by atoms with Gasteiger partial charge in [0, 0.05) is 0 Å². The third-order valence-corrected chi connectivity index (χ3v) is 3.09. The molecule has 0 aromatic carbocycles. The summed E-state index contributed by atoms with van der Waals surface area (Å²) < 4.78 is 0. The molecular formula is C14H18. The Bertz CT molecular complexity index is 324.